The van der Waals surface area contributed by atoms with Crippen LogP contribution in [0.15, 0.2) is 24.5 Å². The molecule has 0 amide bonds. The van der Waals surface area contributed by atoms with Crippen LogP contribution in [0.5, 0.6) is 5.75 Å². The summed E-state index contributed by atoms with van der Waals surface area (Å²) in [7, 11) is 0. The molecule has 3 atom stereocenters. The van der Waals surface area contributed by atoms with Gasteiger partial charge in [0.1, 0.15) is 11.4 Å². The number of ether oxygens (including phenoxy) is 2. The van der Waals surface area contributed by atoms with Gasteiger partial charge in [0.05, 0.1) is 12.2 Å². The van der Waals surface area contributed by atoms with E-state index >= 15 is 0 Å². The molecule has 0 aliphatic carbocycles. The van der Waals surface area contributed by atoms with Crippen molar-refractivity contribution >= 4 is 5.97 Å². The summed E-state index contributed by atoms with van der Waals surface area (Å²) in [5.41, 5.74) is -0.535. The Hall–Kier alpha value is -1.62. The van der Waals surface area contributed by atoms with E-state index in [4.69, 9.17) is 9.47 Å². The number of hydrogen-bond donors (Lipinski definition) is 1. The van der Waals surface area contributed by atoms with Gasteiger partial charge in [-0.3, -0.25) is 4.98 Å². The van der Waals surface area contributed by atoms with Crippen molar-refractivity contribution in [2.75, 3.05) is 6.54 Å². The first-order valence-corrected chi connectivity index (χ1v) is 8.43. The molecule has 0 radical (unpaired) electrons. The third-order valence-electron chi connectivity index (χ3n) is 3.93. The van der Waals surface area contributed by atoms with Gasteiger partial charge in [0.25, 0.3) is 0 Å². The first-order valence-electron chi connectivity index (χ1n) is 8.43. The molecule has 1 aromatic rings. The Bertz CT molecular complexity index is 499. The Balaban J connectivity index is 2.18. The number of pyridine rings is 1. The van der Waals surface area contributed by atoms with Crippen LogP contribution in [-0.2, 0) is 9.53 Å². The average molecular weight is 320 g/mol. The number of esters is 1. The van der Waals surface area contributed by atoms with Crippen LogP contribution in [0.2, 0.25) is 0 Å². The van der Waals surface area contributed by atoms with Gasteiger partial charge in [0.2, 0.25) is 6.10 Å². The van der Waals surface area contributed by atoms with Gasteiger partial charge in [0.15, 0.2) is 0 Å². The maximum Gasteiger partial charge on any atom is 0.349 e. The molecular weight excluding hydrogens is 292 g/mol. The molecule has 1 N–H and O–H groups in total. The molecule has 1 fully saturated rings. The molecule has 1 aliphatic heterocycles. The molecule has 23 heavy (non-hydrogen) atoms. The molecule has 1 saturated heterocycles. The van der Waals surface area contributed by atoms with Gasteiger partial charge in [-0.15, -0.1) is 0 Å². The zero-order valence-electron chi connectivity index (χ0n) is 14.5. The Morgan fingerprint density at radius 3 is 2.87 bits per heavy atom. The average Bonchev–Trinajstić information content (AvgIpc) is 2.92. The van der Waals surface area contributed by atoms with E-state index in [1.807, 2.05) is 26.8 Å². The number of aromatic nitrogens is 1. The van der Waals surface area contributed by atoms with E-state index in [1.54, 1.807) is 18.5 Å². The zero-order valence-corrected chi connectivity index (χ0v) is 14.5. The second-order valence-electron chi connectivity index (χ2n) is 7.08. The molecule has 1 aliphatic rings. The lowest BCUT2D eigenvalue weighted by molar-refractivity contribution is -0.165. The Kier molecular flexibility index (Phi) is 5.99. The summed E-state index contributed by atoms with van der Waals surface area (Å²) in [5, 5.41) is 3.43. The standard InChI is InChI=1S/C18H28N2O3/c1-5-7-13-9-11-20-15(13)16(17(21)23-18(2,3)4)22-14-8-6-10-19-12-14/h6,8,10,12-13,15-16,20H,5,7,9,11H2,1-4H3. The molecule has 2 heterocycles. The quantitative estimate of drug-likeness (QED) is 0.817. The number of rotatable bonds is 6. The largest absolute Gasteiger partial charge is 0.475 e. The summed E-state index contributed by atoms with van der Waals surface area (Å²) in [6.45, 7) is 8.69. The van der Waals surface area contributed by atoms with Crippen LogP contribution in [-0.4, -0.2) is 35.2 Å². The fourth-order valence-corrected chi connectivity index (χ4v) is 3.02. The lowest BCUT2D eigenvalue weighted by atomic mass is 9.91. The van der Waals surface area contributed by atoms with Gasteiger partial charge < -0.3 is 14.8 Å². The highest BCUT2D eigenvalue weighted by molar-refractivity contribution is 5.76. The molecular formula is C18H28N2O3. The molecule has 5 heteroatoms. The van der Waals surface area contributed by atoms with Gasteiger partial charge in [-0.25, -0.2) is 4.79 Å². The van der Waals surface area contributed by atoms with Crippen molar-refractivity contribution in [3.63, 3.8) is 0 Å². The highest BCUT2D eigenvalue weighted by atomic mass is 16.6. The van der Waals surface area contributed by atoms with Crippen LogP contribution in [0, 0.1) is 5.92 Å². The Morgan fingerprint density at radius 2 is 2.26 bits per heavy atom. The van der Waals surface area contributed by atoms with Crippen molar-refractivity contribution in [3.05, 3.63) is 24.5 Å². The highest BCUT2D eigenvalue weighted by Crippen LogP contribution is 2.27. The Morgan fingerprint density at radius 1 is 1.48 bits per heavy atom. The summed E-state index contributed by atoms with van der Waals surface area (Å²) in [6.07, 6.45) is 5.89. The smallest absolute Gasteiger partial charge is 0.349 e. The van der Waals surface area contributed by atoms with E-state index in [1.165, 1.54) is 0 Å². The van der Waals surface area contributed by atoms with E-state index < -0.39 is 11.7 Å². The number of carbonyl (C=O) groups is 1. The van der Waals surface area contributed by atoms with Crippen LogP contribution in [0.1, 0.15) is 47.0 Å². The van der Waals surface area contributed by atoms with E-state index in [2.05, 4.69) is 17.2 Å². The minimum absolute atomic E-state index is 0.0231. The number of nitrogens with zero attached hydrogens (tertiary/aromatic N) is 1. The Labute approximate surface area is 138 Å². The van der Waals surface area contributed by atoms with Crippen molar-refractivity contribution in [1.82, 2.24) is 10.3 Å². The summed E-state index contributed by atoms with van der Waals surface area (Å²) >= 11 is 0. The molecule has 0 aromatic carbocycles. The molecule has 0 spiro atoms. The fourth-order valence-electron chi connectivity index (χ4n) is 3.02. The molecule has 1 aromatic heterocycles. The van der Waals surface area contributed by atoms with E-state index in [-0.39, 0.29) is 12.0 Å². The lowest BCUT2D eigenvalue weighted by Gasteiger charge is -2.30. The summed E-state index contributed by atoms with van der Waals surface area (Å²) in [6, 6.07) is 3.59. The monoisotopic (exact) mass is 320 g/mol. The van der Waals surface area contributed by atoms with Crippen LogP contribution >= 0.6 is 0 Å². The first kappa shape index (κ1) is 17.7. The SMILES string of the molecule is CCCC1CCNC1C(Oc1cccnc1)C(=O)OC(C)(C)C. The van der Waals surface area contributed by atoms with Crippen LogP contribution < -0.4 is 10.1 Å². The third kappa shape index (κ3) is 5.20. The van der Waals surface area contributed by atoms with Gasteiger partial charge in [-0.05, 0) is 58.2 Å². The second kappa shape index (κ2) is 7.77. The molecule has 0 saturated carbocycles. The molecule has 5 nitrogen and oxygen atoms in total. The molecule has 128 valence electrons. The molecule has 2 rings (SSSR count). The maximum absolute atomic E-state index is 12.7. The molecule has 3 unspecified atom stereocenters. The zero-order chi connectivity index (χ0) is 16.9. The highest BCUT2D eigenvalue weighted by Gasteiger charge is 2.40. The van der Waals surface area contributed by atoms with Gasteiger partial charge in [0, 0.05) is 6.20 Å². The third-order valence-corrected chi connectivity index (χ3v) is 3.93. The fraction of sp³-hybridized carbons (Fsp3) is 0.667. The van der Waals surface area contributed by atoms with E-state index in [9.17, 15) is 4.79 Å². The van der Waals surface area contributed by atoms with Gasteiger partial charge >= 0.3 is 5.97 Å². The predicted molar refractivity (Wildman–Crippen MR) is 89.3 cm³/mol. The topological polar surface area (TPSA) is 60.5 Å². The van der Waals surface area contributed by atoms with Crippen molar-refractivity contribution in [3.8, 4) is 5.75 Å². The van der Waals surface area contributed by atoms with Crippen molar-refractivity contribution < 1.29 is 14.3 Å². The summed E-state index contributed by atoms with van der Waals surface area (Å²) in [4.78, 5) is 16.7. The minimum Gasteiger partial charge on any atom is -0.475 e. The van der Waals surface area contributed by atoms with E-state index in [0.29, 0.717) is 11.7 Å². The van der Waals surface area contributed by atoms with Gasteiger partial charge in [-0.2, -0.15) is 0 Å². The van der Waals surface area contributed by atoms with Crippen LogP contribution in [0.4, 0.5) is 0 Å². The number of carbonyl (C=O) groups excluding carboxylic acids is 1. The molecule has 0 bridgehead atoms. The van der Waals surface area contributed by atoms with Gasteiger partial charge in [-0.1, -0.05) is 13.3 Å². The van der Waals surface area contributed by atoms with Crippen LogP contribution in [0.25, 0.3) is 0 Å². The normalized spacial score (nSPS) is 22.6. The lowest BCUT2D eigenvalue weighted by Crippen LogP contribution is -2.49. The van der Waals surface area contributed by atoms with Crippen molar-refractivity contribution in [2.24, 2.45) is 5.92 Å². The maximum atomic E-state index is 12.7. The van der Waals surface area contributed by atoms with E-state index in [0.717, 1.165) is 25.8 Å². The number of nitrogens with one attached hydrogen (secondary N) is 1. The number of hydrogen-bond acceptors (Lipinski definition) is 5. The predicted octanol–water partition coefficient (Wildman–Crippen LogP) is 2.95. The van der Waals surface area contributed by atoms with Crippen molar-refractivity contribution in [1.29, 1.82) is 0 Å². The second-order valence-corrected chi connectivity index (χ2v) is 7.08. The minimum atomic E-state index is -0.655. The van der Waals surface area contributed by atoms with Crippen molar-refractivity contribution in [2.45, 2.75) is 64.7 Å². The van der Waals surface area contributed by atoms with Crippen LogP contribution in [0.3, 0.4) is 0 Å². The summed E-state index contributed by atoms with van der Waals surface area (Å²) in [5.74, 6) is 0.698. The first-order chi connectivity index (χ1) is 10.9. The summed E-state index contributed by atoms with van der Waals surface area (Å²) < 4.78 is 11.6.